The molecule has 0 aromatic carbocycles. The fraction of sp³-hybridized carbons (Fsp3) is 0.867. The second-order valence-corrected chi connectivity index (χ2v) is 8.95. The summed E-state index contributed by atoms with van der Waals surface area (Å²) in [6.07, 6.45) is 2.48. The molecule has 2 amide bonds. The molecule has 8 heteroatoms. The van der Waals surface area contributed by atoms with E-state index in [2.05, 4.69) is 10.2 Å². The highest BCUT2D eigenvalue weighted by molar-refractivity contribution is 7.91. The van der Waals surface area contributed by atoms with E-state index >= 15 is 0 Å². The number of amides is 2. The molecule has 2 aliphatic rings. The summed E-state index contributed by atoms with van der Waals surface area (Å²) in [5.74, 6) is 0.740. The number of hydrogen-bond donors (Lipinski definition) is 1. The van der Waals surface area contributed by atoms with Gasteiger partial charge in [-0.1, -0.05) is 0 Å². The number of carbonyl (C=O) groups is 2. The molecule has 0 aliphatic carbocycles. The second kappa shape index (κ2) is 7.61. The first-order valence-electron chi connectivity index (χ1n) is 8.19. The van der Waals surface area contributed by atoms with Gasteiger partial charge < -0.3 is 10.2 Å². The van der Waals surface area contributed by atoms with Crippen LogP contribution < -0.4 is 5.32 Å². The zero-order chi connectivity index (χ0) is 17.0. The van der Waals surface area contributed by atoms with E-state index in [-0.39, 0.29) is 29.4 Å². The Kier molecular flexibility index (Phi) is 6.02. The van der Waals surface area contributed by atoms with E-state index in [0.717, 1.165) is 25.9 Å². The molecule has 132 valence electrons. The van der Waals surface area contributed by atoms with Gasteiger partial charge in [-0.3, -0.25) is 14.5 Å². The fourth-order valence-corrected chi connectivity index (χ4v) is 5.00. The Labute approximate surface area is 138 Å². The maximum Gasteiger partial charge on any atom is 0.236 e. The van der Waals surface area contributed by atoms with E-state index in [0.29, 0.717) is 25.4 Å². The number of piperidine rings is 1. The molecule has 0 radical (unpaired) electrons. The molecule has 1 unspecified atom stereocenters. The summed E-state index contributed by atoms with van der Waals surface area (Å²) < 4.78 is 23.1. The maximum absolute atomic E-state index is 12.3. The van der Waals surface area contributed by atoms with Gasteiger partial charge in [0.25, 0.3) is 0 Å². The van der Waals surface area contributed by atoms with Crippen molar-refractivity contribution in [3.63, 3.8) is 0 Å². The molecule has 1 atom stereocenters. The first-order valence-corrected chi connectivity index (χ1v) is 10.0. The maximum atomic E-state index is 12.3. The van der Waals surface area contributed by atoms with Crippen LogP contribution >= 0.6 is 0 Å². The number of carbonyl (C=O) groups excluding carboxylic acids is 2. The predicted octanol–water partition coefficient (Wildman–Crippen LogP) is -0.520. The van der Waals surface area contributed by atoms with Crippen molar-refractivity contribution < 1.29 is 18.0 Å². The Morgan fingerprint density at radius 2 is 1.87 bits per heavy atom. The number of hydrogen-bond acceptors (Lipinski definition) is 5. The molecule has 2 heterocycles. The van der Waals surface area contributed by atoms with Gasteiger partial charge in [-0.15, -0.1) is 0 Å². The van der Waals surface area contributed by atoms with Crippen LogP contribution in [0.1, 0.15) is 26.2 Å². The summed E-state index contributed by atoms with van der Waals surface area (Å²) in [6.45, 7) is 4.25. The standard InChI is InChI=1S/C15H27N3O4S/c1-12(19)16-9-13-3-6-18(7-4-13)10-15(20)17(2)14-5-8-23(21,22)11-14/h13-14H,3-11H2,1-2H3,(H,16,19). The van der Waals surface area contributed by atoms with Gasteiger partial charge in [0.05, 0.1) is 18.1 Å². The zero-order valence-electron chi connectivity index (χ0n) is 14.0. The van der Waals surface area contributed by atoms with Crippen LogP contribution in [-0.2, 0) is 19.4 Å². The third kappa shape index (κ3) is 5.46. The average molecular weight is 345 g/mol. The summed E-state index contributed by atoms with van der Waals surface area (Å²) >= 11 is 0. The van der Waals surface area contributed by atoms with Crippen molar-refractivity contribution in [2.75, 3.05) is 44.7 Å². The Hall–Kier alpha value is -1.15. The Morgan fingerprint density at radius 1 is 1.22 bits per heavy atom. The number of likely N-dealkylation sites (N-methyl/N-ethyl adjacent to an activating group) is 1. The van der Waals surface area contributed by atoms with Gasteiger partial charge in [-0.05, 0) is 38.3 Å². The lowest BCUT2D eigenvalue weighted by molar-refractivity contribution is -0.133. The first-order chi connectivity index (χ1) is 10.8. The molecule has 0 aromatic rings. The molecule has 0 aromatic heterocycles. The van der Waals surface area contributed by atoms with Gasteiger partial charge in [0.15, 0.2) is 9.84 Å². The molecule has 0 saturated carbocycles. The molecule has 2 rings (SSSR count). The van der Waals surface area contributed by atoms with Crippen LogP contribution in [0.3, 0.4) is 0 Å². The fourth-order valence-electron chi connectivity index (χ4n) is 3.22. The molecule has 2 saturated heterocycles. The minimum Gasteiger partial charge on any atom is -0.356 e. The van der Waals surface area contributed by atoms with Crippen LogP contribution in [0.2, 0.25) is 0 Å². The lowest BCUT2D eigenvalue weighted by Gasteiger charge is -2.33. The van der Waals surface area contributed by atoms with Crippen LogP contribution in [0.5, 0.6) is 0 Å². The predicted molar refractivity (Wildman–Crippen MR) is 87.7 cm³/mol. The normalized spacial score (nSPS) is 25.2. The van der Waals surface area contributed by atoms with Gasteiger partial charge in [-0.2, -0.15) is 0 Å². The van der Waals surface area contributed by atoms with E-state index in [1.807, 2.05) is 0 Å². The molecular weight excluding hydrogens is 318 g/mol. The van der Waals surface area contributed by atoms with E-state index in [1.165, 1.54) is 6.92 Å². The summed E-state index contributed by atoms with van der Waals surface area (Å²) in [6, 6.07) is -0.176. The first kappa shape index (κ1) is 18.2. The summed E-state index contributed by atoms with van der Waals surface area (Å²) in [4.78, 5) is 27.0. The molecule has 1 N–H and O–H groups in total. The van der Waals surface area contributed by atoms with Crippen molar-refractivity contribution in [2.45, 2.75) is 32.2 Å². The number of sulfone groups is 1. The number of rotatable bonds is 5. The van der Waals surface area contributed by atoms with E-state index < -0.39 is 9.84 Å². The molecule has 23 heavy (non-hydrogen) atoms. The van der Waals surface area contributed by atoms with Gasteiger partial charge in [-0.25, -0.2) is 8.42 Å². The zero-order valence-corrected chi connectivity index (χ0v) is 14.8. The summed E-state index contributed by atoms with van der Waals surface area (Å²) in [7, 11) is -1.26. The van der Waals surface area contributed by atoms with E-state index in [4.69, 9.17) is 0 Å². The van der Waals surface area contributed by atoms with Crippen molar-refractivity contribution in [1.82, 2.24) is 15.1 Å². The third-order valence-corrected chi connectivity index (χ3v) is 6.61. The Bertz CT molecular complexity index is 541. The average Bonchev–Trinajstić information content (AvgIpc) is 2.85. The number of nitrogens with zero attached hydrogens (tertiary/aromatic N) is 2. The SMILES string of the molecule is CC(=O)NCC1CCN(CC(=O)N(C)C2CCS(=O)(=O)C2)CC1. The summed E-state index contributed by atoms with van der Waals surface area (Å²) in [5.41, 5.74) is 0. The van der Waals surface area contributed by atoms with Crippen LogP contribution in [0, 0.1) is 5.92 Å². The van der Waals surface area contributed by atoms with Gasteiger partial charge in [0.1, 0.15) is 0 Å². The van der Waals surface area contributed by atoms with Crippen molar-refractivity contribution in [1.29, 1.82) is 0 Å². The molecule has 2 fully saturated rings. The van der Waals surface area contributed by atoms with Crippen LogP contribution in [-0.4, -0.2) is 80.8 Å². The monoisotopic (exact) mass is 345 g/mol. The lowest BCUT2D eigenvalue weighted by Crippen LogP contribution is -2.46. The van der Waals surface area contributed by atoms with Gasteiger partial charge in [0.2, 0.25) is 11.8 Å². The van der Waals surface area contributed by atoms with Crippen molar-refractivity contribution in [2.24, 2.45) is 5.92 Å². The van der Waals surface area contributed by atoms with Gasteiger partial charge in [0, 0.05) is 26.6 Å². The van der Waals surface area contributed by atoms with Crippen LogP contribution in [0.25, 0.3) is 0 Å². The molecule has 0 spiro atoms. The van der Waals surface area contributed by atoms with Crippen LogP contribution in [0.15, 0.2) is 0 Å². The third-order valence-electron chi connectivity index (χ3n) is 4.86. The highest BCUT2D eigenvalue weighted by Gasteiger charge is 2.33. The van der Waals surface area contributed by atoms with Gasteiger partial charge >= 0.3 is 0 Å². The highest BCUT2D eigenvalue weighted by atomic mass is 32.2. The molecule has 7 nitrogen and oxygen atoms in total. The Balaban J connectivity index is 1.73. The highest BCUT2D eigenvalue weighted by Crippen LogP contribution is 2.19. The minimum absolute atomic E-state index is 0.00394. The van der Waals surface area contributed by atoms with Crippen LogP contribution in [0.4, 0.5) is 0 Å². The van der Waals surface area contributed by atoms with Crippen molar-refractivity contribution >= 4 is 21.7 Å². The van der Waals surface area contributed by atoms with E-state index in [1.54, 1.807) is 11.9 Å². The van der Waals surface area contributed by atoms with Crippen molar-refractivity contribution in [3.8, 4) is 0 Å². The minimum atomic E-state index is -2.97. The molecule has 0 bridgehead atoms. The summed E-state index contributed by atoms with van der Waals surface area (Å²) in [5, 5.41) is 2.84. The van der Waals surface area contributed by atoms with E-state index in [9.17, 15) is 18.0 Å². The smallest absolute Gasteiger partial charge is 0.236 e. The second-order valence-electron chi connectivity index (χ2n) is 6.72. The number of likely N-dealkylation sites (tertiary alicyclic amines) is 1. The number of nitrogens with one attached hydrogen (secondary N) is 1. The largest absolute Gasteiger partial charge is 0.356 e. The Morgan fingerprint density at radius 3 is 2.39 bits per heavy atom. The van der Waals surface area contributed by atoms with Crippen molar-refractivity contribution in [3.05, 3.63) is 0 Å². The molecular formula is C15H27N3O4S. The topological polar surface area (TPSA) is 86.8 Å². The lowest BCUT2D eigenvalue weighted by atomic mass is 9.97. The quantitative estimate of drug-likeness (QED) is 0.724. The molecule has 2 aliphatic heterocycles.